The number of nitrogens with zero attached hydrogens (tertiary/aromatic N) is 1. The Hall–Kier alpha value is -2.85. The smallest absolute Gasteiger partial charge is 0.135 e. The Kier molecular flexibility index (Phi) is 3.03. The fourth-order valence-electron chi connectivity index (χ4n) is 3.46. The van der Waals surface area contributed by atoms with Crippen LogP contribution in [0.1, 0.15) is 23.0 Å². The first kappa shape index (κ1) is 13.6. The van der Waals surface area contributed by atoms with Crippen LogP contribution in [-0.4, -0.2) is 16.5 Å². The first-order valence-electron chi connectivity index (χ1n) is 8.23. The highest BCUT2D eigenvalue weighted by molar-refractivity contribution is 5.82. The Morgan fingerprint density at radius 3 is 2.79 bits per heavy atom. The second-order valence-electron chi connectivity index (χ2n) is 6.17. The first-order chi connectivity index (χ1) is 11.9. The number of fused-ring (bicyclic) bond motifs is 2. The molecule has 0 spiro atoms. The molecule has 4 heteroatoms. The highest BCUT2D eigenvalue weighted by Crippen LogP contribution is 2.31. The number of benzene rings is 2. The molecule has 2 aromatic carbocycles. The van der Waals surface area contributed by atoms with Gasteiger partial charge in [-0.15, -0.1) is 0 Å². The molecule has 5 rings (SSSR count). The van der Waals surface area contributed by atoms with Crippen LogP contribution >= 0.6 is 0 Å². The summed E-state index contributed by atoms with van der Waals surface area (Å²) in [6, 6.07) is 18.9. The minimum Gasteiger partial charge on any atom is -0.456 e. The number of para-hydroxylation sites is 1. The summed E-state index contributed by atoms with van der Waals surface area (Å²) >= 11 is 0. The molecule has 0 fully saturated rings. The Bertz CT molecular complexity index is 964. The maximum absolute atomic E-state index is 5.95. The molecule has 4 nitrogen and oxygen atoms in total. The van der Waals surface area contributed by atoms with Crippen molar-refractivity contribution in [3.8, 4) is 11.3 Å². The van der Waals surface area contributed by atoms with Crippen molar-refractivity contribution in [3.05, 3.63) is 77.9 Å². The molecule has 24 heavy (non-hydrogen) atoms. The minimum absolute atomic E-state index is 0.157. The molecule has 1 atom stereocenters. The van der Waals surface area contributed by atoms with Crippen LogP contribution in [0.2, 0.25) is 0 Å². The van der Waals surface area contributed by atoms with E-state index in [-0.39, 0.29) is 6.04 Å². The zero-order valence-electron chi connectivity index (χ0n) is 13.1. The Balaban J connectivity index is 1.50. The van der Waals surface area contributed by atoms with Crippen LogP contribution in [0.25, 0.3) is 22.3 Å². The number of rotatable bonds is 2. The summed E-state index contributed by atoms with van der Waals surface area (Å²) in [5, 5.41) is 4.68. The van der Waals surface area contributed by atoms with Crippen LogP contribution in [0.4, 0.5) is 0 Å². The standard InChI is InChI=1S/C20H17N3O/c1-2-4-17-15(3-1)11-18(24-17)13-5-7-14(8-6-13)19-20-16(9-10-21-19)22-12-23-20/h1-8,11-12,19,21H,9-10H2,(H,22,23). The van der Waals surface area contributed by atoms with Gasteiger partial charge < -0.3 is 14.7 Å². The van der Waals surface area contributed by atoms with Gasteiger partial charge in [-0.05, 0) is 17.7 Å². The third-order valence-corrected chi connectivity index (χ3v) is 4.70. The number of hydrogen-bond acceptors (Lipinski definition) is 3. The lowest BCUT2D eigenvalue weighted by Gasteiger charge is -2.23. The molecule has 1 unspecified atom stereocenters. The zero-order chi connectivity index (χ0) is 15.9. The fourth-order valence-corrected chi connectivity index (χ4v) is 3.46. The number of furan rings is 1. The van der Waals surface area contributed by atoms with E-state index in [1.807, 2.05) is 18.2 Å². The van der Waals surface area contributed by atoms with Gasteiger partial charge in [-0.1, -0.05) is 42.5 Å². The fraction of sp³-hybridized carbons (Fsp3) is 0.150. The van der Waals surface area contributed by atoms with Gasteiger partial charge in [0, 0.05) is 29.6 Å². The zero-order valence-corrected chi connectivity index (χ0v) is 13.1. The van der Waals surface area contributed by atoms with E-state index in [1.54, 1.807) is 6.33 Å². The first-order valence-corrected chi connectivity index (χ1v) is 8.23. The lowest BCUT2D eigenvalue weighted by atomic mass is 9.97. The summed E-state index contributed by atoms with van der Waals surface area (Å²) < 4.78 is 5.95. The normalized spacial score (nSPS) is 17.1. The number of aromatic nitrogens is 2. The highest BCUT2D eigenvalue weighted by Gasteiger charge is 2.23. The predicted molar refractivity (Wildman–Crippen MR) is 93.8 cm³/mol. The van der Waals surface area contributed by atoms with Crippen molar-refractivity contribution in [2.75, 3.05) is 6.54 Å². The van der Waals surface area contributed by atoms with E-state index in [0.29, 0.717) is 0 Å². The highest BCUT2D eigenvalue weighted by atomic mass is 16.3. The van der Waals surface area contributed by atoms with Gasteiger partial charge in [-0.25, -0.2) is 4.98 Å². The van der Waals surface area contributed by atoms with E-state index in [9.17, 15) is 0 Å². The third kappa shape index (κ3) is 2.15. The molecule has 0 radical (unpaired) electrons. The van der Waals surface area contributed by atoms with Gasteiger partial charge in [0.15, 0.2) is 0 Å². The molecule has 3 heterocycles. The van der Waals surface area contributed by atoms with Crippen LogP contribution < -0.4 is 5.32 Å². The summed E-state index contributed by atoms with van der Waals surface area (Å²) in [7, 11) is 0. The molecule has 2 N–H and O–H groups in total. The Morgan fingerprint density at radius 2 is 1.92 bits per heavy atom. The maximum Gasteiger partial charge on any atom is 0.135 e. The molecular formula is C20H17N3O. The second-order valence-corrected chi connectivity index (χ2v) is 6.17. The molecule has 118 valence electrons. The summed E-state index contributed by atoms with van der Waals surface area (Å²) in [4.78, 5) is 7.73. The topological polar surface area (TPSA) is 53.9 Å². The van der Waals surface area contributed by atoms with Crippen molar-refractivity contribution in [2.24, 2.45) is 0 Å². The second kappa shape index (κ2) is 5.35. The monoisotopic (exact) mass is 315 g/mol. The van der Waals surface area contributed by atoms with E-state index in [2.05, 4.69) is 51.7 Å². The summed E-state index contributed by atoms with van der Waals surface area (Å²) in [5.74, 6) is 0.903. The van der Waals surface area contributed by atoms with Crippen molar-refractivity contribution in [1.82, 2.24) is 15.3 Å². The number of H-pyrrole nitrogens is 1. The van der Waals surface area contributed by atoms with Crippen LogP contribution in [-0.2, 0) is 6.42 Å². The SMILES string of the molecule is c1ccc2oc(-c3ccc(C4NCCc5[nH]cnc54)cc3)cc2c1. The third-order valence-electron chi connectivity index (χ3n) is 4.70. The molecule has 4 aromatic rings. The Morgan fingerprint density at radius 1 is 1.04 bits per heavy atom. The van der Waals surface area contributed by atoms with Gasteiger partial charge in [-0.3, -0.25) is 0 Å². The van der Waals surface area contributed by atoms with Crippen LogP contribution in [0.15, 0.2) is 65.3 Å². The van der Waals surface area contributed by atoms with E-state index < -0.39 is 0 Å². The number of nitrogens with one attached hydrogen (secondary N) is 2. The van der Waals surface area contributed by atoms with Crippen molar-refractivity contribution < 1.29 is 4.42 Å². The number of aromatic amines is 1. The molecule has 1 aliphatic rings. The molecule has 0 amide bonds. The largest absolute Gasteiger partial charge is 0.456 e. The molecule has 0 saturated carbocycles. The lowest BCUT2D eigenvalue weighted by Crippen LogP contribution is -2.30. The predicted octanol–water partition coefficient (Wildman–Crippen LogP) is 4.06. The molecule has 0 bridgehead atoms. The van der Waals surface area contributed by atoms with Crippen molar-refractivity contribution in [3.63, 3.8) is 0 Å². The van der Waals surface area contributed by atoms with Gasteiger partial charge in [0.25, 0.3) is 0 Å². The van der Waals surface area contributed by atoms with E-state index in [4.69, 9.17) is 4.42 Å². The lowest BCUT2D eigenvalue weighted by molar-refractivity contribution is 0.553. The average molecular weight is 315 g/mol. The van der Waals surface area contributed by atoms with Gasteiger partial charge in [0.1, 0.15) is 11.3 Å². The van der Waals surface area contributed by atoms with E-state index >= 15 is 0 Å². The Labute approximate surface area is 139 Å². The quantitative estimate of drug-likeness (QED) is 0.586. The number of imidazole rings is 1. The van der Waals surface area contributed by atoms with Crippen molar-refractivity contribution in [1.29, 1.82) is 0 Å². The maximum atomic E-state index is 5.95. The van der Waals surface area contributed by atoms with E-state index in [0.717, 1.165) is 41.0 Å². The van der Waals surface area contributed by atoms with Gasteiger partial charge in [0.05, 0.1) is 18.1 Å². The van der Waals surface area contributed by atoms with Gasteiger partial charge in [0.2, 0.25) is 0 Å². The average Bonchev–Trinajstić information content (AvgIpc) is 3.28. The molecule has 1 aliphatic heterocycles. The van der Waals surface area contributed by atoms with Gasteiger partial charge >= 0.3 is 0 Å². The number of hydrogen-bond donors (Lipinski definition) is 2. The van der Waals surface area contributed by atoms with Crippen molar-refractivity contribution >= 4 is 11.0 Å². The molecule has 0 saturated heterocycles. The summed E-state index contributed by atoms with van der Waals surface area (Å²) in [5.41, 5.74) is 5.58. The van der Waals surface area contributed by atoms with Crippen molar-refractivity contribution in [2.45, 2.75) is 12.5 Å². The minimum atomic E-state index is 0.157. The molecular weight excluding hydrogens is 298 g/mol. The molecule has 0 aliphatic carbocycles. The van der Waals surface area contributed by atoms with Crippen LogP contribution in [0.3, 0.4) is 0 Å². The molecule has 2 aromatic heterocycles. The van der Waals surface area contributed by atoms with Crippen LogP contribution in [0, 0.1) is 0 Å². The summed E-state index contributed by atoms with van der Waals surface area (Å²) in [6.07, 6.45) is 2.79. The van der Waals surface area contributed by atoms with Crippen LogP contribution in [0.5, 0.6) is 0 Å². The van der Waals surface area contributed by atoms with Gasteiger partial charge in [-0.2, -0.15) is 0 Å². The summed E-state index contributed by atoms with van der Waals surface area (Å²) in [6.45, 7) is 0.963. The van der Waals surface area contributed by atoms with E-state index in [1.165, 1.54) is 11.3 Å².